The highest BCUT2D eigenvalue weighted by Gasteiger charge is 2.17. The Morgan fingerprint density at radius 1 is 1.10 bits per heavy atom. The lowest BCUT2D eigenvalue weighted by molar-refractivity contribution is -0.137. The Labute approximate surface area is 179 Å². The van der Waals surface area contributed by atoms with E-state index in [4.69, 9.17) is 10.1 Å². The van der Waals surface area contributed by atoms with Gasteiger partial charge in [-0.1, -0.05) is 24.0 Å². The molecule has 152 valence electrons. The number of benzene rings is 2. The van der Waals surface area contributed by atoms with Gasteiger partial charge in [-0.05, 0) is 74.4 Å². The second-order valence-corrected chi connectivity index (χ2v) is 8.56. The van der Waals surface area contributed by atoms with Crippen LogP contribution in [-0.4, -0.2) is 16.1 Å². The first-order chi connectivity index (χ1) is 14.6. The van der Waals surface area contributed by atoms with Gasteiger partial charge in [0.2, 0.25) is 0 Å². The van der Waals surface area contributed by atoms with Crippen LogP contribution < -0.4 is 0 Å². The summed E-state index contributed by atoms with van der Waals surface area (Å²) in [5, 5.41) is 9.65. The smallest absolute Gasteiger partial charge is 0.303 e. The Balaban J connectivity index is 1.55. The van der Waals surface area contributed by atoms with Gasteiger partial charge < -0.3 is 5.11 Å². The van der Waals surface area contributed by atoms with Crippen LogP contribution in [0.2, 0.25) is 0 Å². The maximum atomic E-state index is 13.9. The number of carbonyl (C=O) groups is 1. The van der Waals surface area contributed by atoms with E-state index >= 15 is 0 Å². The molecule has 0 spiro atoms. The predicted octanol–water partition coefficient (Wildman–Crippen LogP) is 5.64. The topological polar surface area (TPSA) is 50.2 Å². The van der Waals surface area contributed by atoms with Gasteiger partial charge in [0.15, 0.2) is 0 Å². The molecule has 1 aromatic heterocycles. The van der Waals surface area contributed by atoms with Gasteiger partial charge in [-0.2, -0.15) is 0 Å². The minimum absolute atomic E-state index is 0.171. The number of hydrogen-bond acceptors (Lipinski definition) is 3. The Kier molecular flexibility index (Phi) is 6.25. The highest BCUT2D eigenvalue weighted by atomic mass is 32.1. The van der Waals surface area contributed by atoms with E-state index in [9.17, 15) is 9.18 Å². The van der Waals surface area contributed by atoms with E-state index in [0.717, 1.165) is 41.0 Å². The summed E-state index contributed by atoms with van der Waals surface area (Å²) < 4.78 is 13.9. The molecular weight excluding hydrogens is 397 g/mol. The Morgan fingerprint density at radius 2 is 1.90 bits per heavy atom. The second kappa shape index (κ2) is 9.23. The number of aromatic nitrogens is 1. The van der Waals surface area contributed by atoms with Crippen LogP contribution in [0, 0.1) is 17.7 Å². The van der Waals surface area contributed by atoms with Crippen LogP contribution in [0.5, 0.6) is 0 Å². The molecule has 1 heterocycles. The van der Waals surface area contributed by atoms with Crippen LogP contribution >= 0.6 is 11.3 Å². The van der Waals surface area contributed by atoms with Gasteiger partial charge in [0.25, 0.3) is 0 Å². The number of fused-ring (bicyclic) bond motifs is 1. The average molecular weight is 420 g/mol. The summed E-state index contributed by atoms with van der Waals surface area (Å²) in [5.74, 6) is 5.17. The quantitative estimate of drug-likeness (QED) is 0.545. The van der Waals surface area contributed by atoms with Crippen LogP contribution in [-0.2, 0) is 24.1 Å². The molecule has 2 aromatic carbocycles. The molecule has 3 nitrogen and oxygen atoms in total. The fraction of sp³-hybridized carbons (Fsp3) is 0.280. The summed E-state index contributed by atoms with van der Waals surface area (Å²) in [7, 11) is 0. The molecule has 1 aliphatic carbocycles. The molecule has 1 N–H and O–H groups in total. The predicted molar refractivity (Wildman–Crippen MR) is 117 cm³/mol. The summed E-state index contributed by atoms with van der Waals surface area (Å²) in [4.78, 5) is 16.8. The Bertz CT molecular complexity index is 1100. The van der Waals surface area contributed by atoms with E-state index < -0.39 is 5.97 Å². The third kappa shape index (κ3) is 4.95. The van der Waals surface area contributed by atoms with Gasteiger partial charge in [0, 0.05) is 28.0 Å². The number of halogens is 1. The van der Waals surface area contributed by atoms with Crippen molar-refractivity contribution in [1.29, 1.82) is 0 Å². The van der Waals surface area contributed by atoms with Gasteiger partial charge in [-0.15, -0.1) is 11.3 Å². The van der Waals surface area contributed by atoms with Crippen LogP contribution in [0.15, 0.2) is 42.5 Å². The minimum atomic E-state index is -0.774. The van der Waals surface area contributed by atoms with Crippen LogP contribution in [0.1, 0.15) is 52.9 Å². The molecule has 4 rings (SSSR count). The maximum absolute atomic E-state index is 13.9. The molecule has 0 bridgehead atoms. The third-order valence-electron chi connectivity index (χ3n) is 5.21. The highest BCUT2D eigenvalue weighted by Crippen LogP contribution is 2.34. The first kappa shape index (κ1) is 20.3. The number of thiazole rings is 1. The fourth-order valence-electron chi connectivity index (χ4n) is 3.61. The first-order valence-electron chi connectivity index (χ1n) is 10.2. The lowest BCUT2D eigenvalue weighted by atomic mass is 10.0. The summed E-state index contributed by atoms with van der Waals surface area (Å²) in [5.41, 5.74) is 4.63. The number of carboxylic acid groups (broad SMARTS) is 1. The fourth-order valence-corrected chi connectivity index (χ4v) is 4.80. The van der Waals surface area contributed by atoms with Gasteiger partial charge in [0.1, 0.15) is 10.8 Å². The van der Waals surface area contributed by atoms with Crippen molar-refractivity contribution in [2.75, 3.05) is 0 Å². The highest BCUT2D eigenvalue weighted by molar-refractivity contribution is 7.15. The third-order valence-corrected chi connectivity index (χ3v) is 6.40. The van der Waals surface area contributed by atoms with E-state index in [0.29, 0.717) is 12.0 Å². The number of carboxylic acids is 1. The number of rotatable bonds is 5. The zero-order valence-corrected chi connectivity index (χ0v) is 17.4. The van der Waals surface area contributed by atoms with E-state index in [1.54, 1.807) is 17.4 Å². The van der Waals surface area contributed by atoms with Crippen molar-refractivity contribution in [2.45, 2.75) is 44.9 Å². The standard InChI is InChI=1S/C25H22FNO2S/c26-20-14-15-21(25-27-22-5-1-2-6-23(22)30-25)19(16-20)13-12-18-10-8-17(9-11-18)4-3-7-24(28)29/h8-11,14-16H,1-7H2,(H,28,29). The van der Waals surface area contributed by atoms with Gasteiger partial charge in [-0.25, -0.2) is 9.37 Å². The van der Waals surface area contributed by atoms with Crippen molar-refractivity contribution >= 4 is 17.3 Å². The van der Waals surface area contributed by atoms with Crippen LogP contribution in [0.25, 0.3) is 10.6 Å². The number of nitrogens with zero attached hydrogens (tertiary/aromatic N) is 1. The van der Waals surface area contributed by atoms with Crippen molar-refractivity contribution in [2.24, 2.45) is 0 Å². The van der Waals surface area contributed by atoms with Crippen LogP contribution in [0.3, 0.4) is 0 Å². The molecule has 30 heavy (non-hydrogen) atoms. The Morgan fingerprint density at radius 3 is 2.67 bits per heavy atom. The van der Waals surface area contributed by atoms with E-state index in [1.807, 2.05) is 24.3 Å². The van der Waals surface area contributed by atoms with Gasteiger partial charge in [-0.3, -0.25) is 4.79 Å². The zero-order valence-electron chi connectivity index (χ0n) is 16.6. The van der Waals surface area contributed by atoms with Gasteiger partial charge in [0.05, 0.1) is 5.69 Å². The second-order valence-electron chi connectivity index (χ2n) is 7.48. The molecular formula is C25H22FNO2S. The normalized spacial score (nSPS) is 12.7. The summed E-state index contributed by atoms with van der Waals surface area (Å²) >= 11 is 1.70. The molecule has 0 radical (unpaired) electrons. The Hall–Kier alpha value is -2.97. The minimum Gasteiger partial charge on any atom is -0.481 e. The lowest BCUT2D eigenvalue weighted by Gasteiger charge is -2.06. The van der Waals surface area contributed by atoms with Crippen molar-refractivity contribution in [1.82, 2.24) is 4.98 Å². The monoisotopic (exact) mass is 419 g/mol. The molecule has 0 fully saturated rings. The van der Waals surface area contributed by atoms with Crippen molar-refractivity contribution in [3.05, 3.63) is 75.5 Å². The average Bonchev–Trinajstić information content (AvgIpc) is 3.17. The SMILES string of the molecule is O=C(O)CCCc1ccc(C#Cc2cc(F)ccc2-c2nc3c(s2)CCCC3)cc1. The molecule has 0 unspecified atom stereocenters. The van der Waals surface area contributed by atoms with E-state index in [1.165, 1.54) is 35.5 Å². The molecule has 0 amide bonds. The zero-order chi connectivity index (χ0) is 20.9. The number of hydrogen-bond donors (Lipinski definition) is 1. The van der Waals surface area contributed by atoms with Crippen molar-refractivity contribution < 1.29 is 14.3 Å². The van der Waals surface area contributed by atoms with E-state index in [2.05, 4.69) is 11.8 Å². The van der Waals surface area contributed by atoms with Crippen LogP contribution in [0.4, 0.5) is 4.39 Å². The molecule has 3 aromatic rings. The van der Waals surface area contributed by atoms with Crippen molar-refractivity contribution in [3.8, 4) is 22.4 Å². The molecule has 0 atom stereocenters. The van der Waals surface area contributed by atoms with Crippen molar-refractivity contribution in [3.63, 3.8) is 0 Å². The summed E-state index contributed by atoms with van der Waals surface area (Å²) in [6, 6.07) is 12.5. The molecule has 0 saturated carbocycles. The maximum Gasteiger partial charge on any atom is 0.303 e. The molecule has 0 saturated heterocycles. The molecule has 5 heteroatoms. The summed E-state index contributed by atoms with van der Waals surface area (Å²) in [6.07, 6.45) is 5.99. The lowest BCUT2D eigenvalue weighted by Crippen LogP contribution is -1.98. The molecule has 1 aliphatic rings. The van der Waals surface area contributed by atoms with Gasteiger partial charge >= 0.3 is 5.97 Å². The number of aryl methyl sites for hydroxylation is 3. The molecule has 0 aliphatic heterocycles. The summed E-state index contributed by atoms with van der Waals surface area (Å²) in [6.45, 7) is 0. The first-order valence-corrected chi connectivity index (χ1v) is 11.0. The number of aliphatic carboxylic acids is 1. The largest absolute Gasteiger partial charge is 0.481 e. The van der Waals surface area contributed by atoms with E-state index in [-0.39, 0.29) is 12.2 Å².